The van der Waals surface area contributed by atoms with Gasteiger partial charge in [0.05, 0.1) is 6.10 Å². The molecule has 0 radical (unpaired) electrons. The molecule has 2 rings (SSSR count). The number of benzene rings is 2. The molecule has 1 unspecified atom stereocenters. The molecule has 0 aliphatic carbocycles. The summed E-state index contributed by atoms with van der Waals surface area (Å²) in [6.45, 7) is 5.55. The normalized spacial score (nSPS) is 11.3. The number of Topliss-reactive ketones (excluding diaryl/α,β-unsaturated/α-hetero) is 1. The molecule has 0 fully saturated rings. The molecule has 5 nitrogen and oxygen atoms in total. The predicted octanol–water partition coefficient (Wildman–Crippen LogP) is 4.19. The Bertz CT molecular complexity index is 786. The SMILES string of the molecule is CCC(C)Oc1ccc(C(=O)NC(=S)Nc2ccc(C(C)=O)cc2)cc1. The van der Waals surface area contributed by atoms with Crippen molar-refractivity contribution < 1.29 is 14.3 Å². The Morgan fingerprint density at radius 2 is 1.62 bits per heavy atom. The third kappa shape index (κ3) is 5.67. The van der Waals surface area contributed by atoms with E-state index < -0.39 is 0 Å². The molecular weight excluding hydrogens is 348 g/mol. The molecule has 2 aromatic carbocycles. The number of ketones is 1. The van der Waals surface area contributed by atoms with Gasteiger partial charge in [-0.15, -0.1) is 0 Å². The van der Waals surface area contributed by atoms with Crippen molar-refractivity contribution in [2.45, 2.75) is 33.3 Å². The minimum absolute atomic E-state index is 0.00631. The molecule has 2 N–H and O–H groups in total. The highest BCUT2D eigenvalue weighted by Gasteiger charge is 2.09. The van der Waals surface area contributed by atoms with Gasteiger partial charge in [-0.3, -0.25) is 14.9 Å². The summed E-state index contributed by atoms with van der Waals surface area (Å²) in [5.74, 6) is 0.410. The Morgan fingerprint density at radius 3 is 2.15 bits per heavy atom. The van der Waals surface area contributed by atoms with Crippen LogP contribution < -0.4 is 15.4 Å². The van der Waals surface area contributed by atoms with Crippen LogP contribution in [0.4, 0.5) is 5.69 Å². The second kappa shape index (κ2) is 9.10. The van der Waals surface area contributed by atoms with Crippen LogP contribution in [0, 0.1) is 0 Å². The van der Waals surface area contributed by atoms with Crippen LogP contribution in [-0.4, -0.2) is 22.9 Å². The van der Waals surface area contributed by atoms with E-state index in [4.69, 9.17) is 17.0 Å². The summed E-state index contributed by atoms with van der Waals surface area (Å²) in [5, 5.41) is 5.73. The van der Waals surface area contributed by atoms with Gasteiger partial charge in [0.25, 0.3) is 5.91 Å². The number of nitrogens with one attached hydrogen (secondary N) is 2. The van der Waals surface area contributed by atoms with E-state index in [2.05, 4.69) is 10.6 Å². The maximum Gasteiger partial charge on any atom is 0.257 e. The fourth-order valence-electron chi connectivity index (χ4n) is 2.13. The summed E-state index contributed by atoms with van der Waals surface area (Å²) < 4.78 is 5.69. The Morgan fingerprint density at radius 1 is 1.04 bits per heavy atom. The number of amides is 1. The van der Waals surface area contributed by atoms with Gasteiger partial charge in [-0.05, 0) is 81.0 Å². The predicted molar refractivity (Wildman–Crippen MR) is 107 cm³/mol. The molecule has 6 heteroatoms. The van der Waals surface area contributed by atoms with Crippen molar-refractivity contribution in [2.75, 3.05) is 5.32 Å². The van der Waals surface area contributed by atoms with Crippen LogP contribution in [0.1, 0.15) is 47.9 Å². The Kier molecular flexibility index (Phi) is 6.86. The molecule has 0 aromatic heterocycles. The van der Waals surface area contributed by atoms with Crippen LogP contribution in [0.15, 0.2) is 48.5 Å². The number of hydrogen-bond acceptors (Lipinski definition) is 4. The van der Waals surface area contributed by atoms with Crippen LogP contribution in [0.25, 0.3) is 0 Å². The molecule has 0 heterocycles. The topological polar surface area (TPSA) is 67.4 Å². The molecule has 0 bridgehead atoms. The van der Waals surface area contributed by atoms with Gasteiger partial charge < -0.3 is 10.1 Å². The fraction of sp³-hybridized carbons (Fsp3) is 0.250. The highest BCUT2D eigenvalue weighted by Crippen LogP contribution is 2.15. The molecule has 2 aromatic rings. The van der Waals surface area contributed by atoms with Crippen LogP contribution in [0.2, 0.25) is 0 Å². The van der Waals surface area contributed by atoms with Gasteiger partial charge in [0.2, 0.25) is 0 Å². The smallest absolute Gasteiger partial charge is 0.257 e. The molecular formula is C20H22N2O3S. The summed E-state index contributed by atoms with van der Waals surface area (Å²) >= 11 is 5.16. The zero-order valence-corrected chi connectivity index (χ0v) is 15.9. The Labute approximate surface area is 158 Å². The van der Waals surface area contributed by atoms with E-state index in [0.717, 1.165) is 12.2 Å². The van der Waals surface area contributed by atoms with Gasteiger partial charge in [-0.2, -0.15) is 0 Å². The van der Waals surface area contributed by atoms with Gasteiger partial charge >= 0.3 is 0 Å². The van der Waals surface area contributed by atoms with Crippen LogP contribution in [-0.2, 0) is 0 Å². The van der Waals surface area contributed by atoms with E-state index in [1.807, 2.05) is 13.8 Å². The van der Waals surface area contributed by atoms with Crippen molar-refractivity contribution in [2.24, 2.45) is 0 Å². The summed E-state index contributed by atoms with van der Waals surface area (Å²) in [7, 11) is 0. The quantitative estimate of drug-likeness (QED) is 0.589. The number of hydrogen-bond donors (Lipinski definition) is 2. The van der Waals surface area contributed by atoms with Gasteiger partial charge in [-0.1, -0.05) is 6.92 Å². The number of rotatable bonds is 6. The number of thiocarbonyl (C=S) groups is 1. The zero-order valence-electron chi connectivity index (χ0n) is 15.0. The monoisotopic (exact) mass is 370 g/mol. The Balaban J connectivity index is 1.92. The summed E-state index contributed by atoms with van der Waals surface area (Å²) in [6, 6.07) is 13.8. The van der Waals surface area contributed by atoms with Crippen molar-refractivity contribution in [1.82, 2.24) is 5.32 Å². The molecule has 0 spiro atoms. The summed E-state index contributed by atoms with van der Waals surface area (Å²) in [6.07, 6.45) is 1.04. The lowest BCUT2D eigenvalue weighted by molar-refractivity contribution is 0.0976. The van der Waals surface area contributed by atoms with Gasteiger partial charge in [0.15, 0.2) is 10.9 Å². The second-order valence-corrected chi connectivity index (χ2v) is 6.31. The number of ether oxygens (including phenoxy) is 1. The van der Waals surface area contributed by atoms with Gasteiger partial charge in [0.1, 0.15) is 5.75 Å². The maximum atomic E-state index is 12.3. The van der Waals surface area contributed by atoms with E-state index in [-0.39, 0.29) is 22.9 Å². The first-order valence-electron chi connectivity index (χ1n) is 8.39. The number of carbonyl (C=O) groups is 2. The largest absolute Gasteiger partial charge is 0.491 e. The first-order chi connectivity index (χ1) is 12.4. The molecule has 26 heavy (non-hydrogen) atoms. The van der Waals surface area contributed by atoms with Crippen LogP contribution >= 0.6 is 12.2 Å². The van der Waals surface area contributed by atoms with Crippen molar-refractivity contribution in [1.29, 1.82) is 0 Å². The highest BCUT2D eigenvalue weighted by atomic mass is 32.1. The van der Waals surface area contributed by atoms with Crippen molar-refractivity contribution in [3.05, 3.63) is 59.7 Å². The number of carbonyl (C=O) groups excluding carboxylic acids is 2. The summed E-state index contributed by atoms with van der Waals surface area (Å²) in [4.78, 5) is 23.5. The van der Waals surface area contributed by atoms with E-state index in [9.17, 15) is 9.59 Å². The zero-order chi connectivity index (χ0) is 19.1. The molecule has 1 atom stereocenters. The van der Waals surface area contributed by atoms with Crippen LogP contribution in [0.3, 0.4) is 0 Å². The third-order valence-corrected chi connectivity index (χ3v) is 4.01. The van der Waals surface area contributed by atoms with E-state index in [1.54, 1.807) is 48.5 Å². The summed E-state index contributed by atoms with van der Waals surface area (Å²) in [5.41, 5.74) is 1.79. The van der Waals surface area contributed by atoms with Crippen LogP contribution in [0.5, 0.6) is 5.75 Å². The molecule has 0 aliphatic heterocycles. The lowest BCUT2D eigenvalue weighted by atomic mass is 10.1. The lowest BCUT2D eigenvalue weighted by Gasteiger charge is -2.13. The molecule has 1 amide bonds. The first-order valence-corrected chi connectivity index (χ1v) is 8.80. The van der Waals surface area contributed by atoms with Crippen molar-refractivity contribution in [3.8, 4) is 5.75 Å². The van der Waals surface area contributed by atoms with Crippen molar-refractivity contribution in [3.63, 3.8) is 0 Å². The standard InChI is InChI=1S/C20H22N2O3S/c1-4-13(2)25-18-11-7-16(8-12-18)19(24)22-20(26)21-17-9-5-15(6-10-17)14(3)23/h5-13H,4H2,1-3H3,(H2,21,22,24,26). The van der Waals surface area contributed by atoms with Gasteiger partial charge in [0, 0.05) is 16.8 Å². The van der Waals surface area contributed by atoms with E-state index in [0.29, 0.717) is 16.8 Å². The van der Waals surface area contributed by atoms with E-state index >= 15 is 0 Å². The average molecular weight is 370 g/mol. The van der Waals surface area contributed by atoms with Crippen molar-refractivity contribution >= 4 is 34.7 Å². The fourth-order valence-corrected chi connectivity index (χ4v) is 2.34. The maximum absolute atomic E-state index is 12.3. The second-order valence-electron chi connectivity index (χ2n) is 5.90. The number of anilines is 1. The third-order valence-electron chi connectivity index (χ3n) is 3.81. The van der Waals surface area contributed by atoms with E-state index in [1.165, 1.54) is 6.92 Å². The molecule has 0 saturated carbocycles. The average Bonchev–Trinajstić information content (AvgIpc) is 2.62. The minimum Gasteiger partial charge on any atom is -0.491 e. The molecule has 136 valence electrons. The Hall–Kier alpha value is -2.73. The molecule has 0 saturated heterocycles. The van der Waals surface area contributed by atoms with Gasteiger partial charge in [-0.25, -0.2) is 0 Å². The first kappa shape index (κ1) is 19.6. The minimum atomic E-state index is -0.307. The highest BCUT2D eigenvalue weighted by molar-refractivity contribution is 7.80. The molecule has 0 aliphatic rings. The lowest BCUT2D eigenvalue weighted by Crippen LogP contribution is -2.34.